The Hall–Kier alpha value is -0.0800. The van der Waals surface area contributed by atoms with E-state index in [-0.39, 0.29) is 0 Å². The lowest BCUT2D eigenvalue weighted by molar-refractivity contribution is 0.181. The summed E-state index contributed by atoms with van der Waals surface area (Å²) in [5, 5.41) is 3.48. The maximum Gasteiger partial charge on any atom is 0.0495 e. The van der Waals surface area contributed by atoms with Crippen LogP contribution in [0.3, 0.4) is 0 Å². The second kappa shape index (κ2) is 9.90. The highest BCUT2D eigenvalue weighted by Gasteiger charge is 2.19. The van der Waals surface area contributed by atoms with Gasteiger partial charge in [-0.05, 0) is 32.2 Å². The van der Waals surface area contributed by atoms with E-state index in [4.69, 9.17) is 4.74 Å². The van der Waals surface area contributed by atoms with E-state index in [0.717, 1.165) is 19.1 Å². The summed E-state index contributed by atoms with van der Waals surface area (Å²) in [6.07, 6.45) is 12.4. The molecule has 1 heterocycles. The third-order valence-corrected chi connectivity index (χ3v) is 3.96. The molecule has 1 aliphatic rings. The van der Waals surface area contributed by atoms with Gasteiger partial charge in [0.2, 0.25) is 0 Å². The Bertz CT molecular complexity index is 166. The molecule has 0 aromatic rings. The van der Waals surface area contributed by atoms with Crippen molar-refractivity contribution in [3.63, 3.8) is 0 Å². The van der Waals surface area contributed by atoms with E-state index in [9.17, 15) is 0 Å². The lowest BCUT2D eigenvalue weighted by atomic mass is 9.95. The van der Waals surface area contributed by atoms with Crippen LogP contribution in [0.25, 0.3) is 0 Å². The fraction of sp³-hybridized carbons (Fsp3) is 1.00. The fourth-order valence-corrected chi connectivity index (χ4v) is 2.72. The molecule has 0 saturated carbocycles. The molecular weight excluding hydrogens is 210 g/mol. The molecule has 0 aromatic heterocycles. The number of hydrogen-bond donors (Lipinski definition) is 1. The molecule has 1 N–H and O–H groups in total. The van der Waals surface area contributed by atoms with Gasteiger partial charge in [-0.1, -0.05) is 45.4 Å². The van der Waals surface area contributed by atoms with Crippen LogP contribution in [0.1, 0.15) is 64.7 Å². The Kier molecular flexibility index (Phi) is 8.72. The smallest absolute Gasteiger partial charge is 0.0495 e. The van der Waals surface area contributed by atoms with Gasteiger partial charge in [-0.15, -0.1) is 0 Å². The van der Waals surface area contributed by atoms with Crippen LogP contribution < -0.4 is 5.32 Å². The van der Waals surface area contributed by atoms with Crippen LogP contribution in [0.2, 0.25) is 0 Å². The number of unbranched alkanes of at least 4 members (excludes halogenated alkanes) is 5. The zero-order valence-electron chi connectivity index (χ0n) is 11.8. The highest BCUT2D eigenvalue weighted by molar-refractivity contribution is 4.73. The molecule has 1 rings (SSSR count). The average molecular weight is 241 g/mol. The van der Waals surface area contributed by atoms with Crippen LogP contribution in [0.5, 0.6) is 0 Å². The summed E-state index contributed by atoms with van der Waals surface area (Å²) >= 11 is 0. The first-order valence-corrected chi connectivity index (χ1v) is 7.61. The Balaban J connectivity index is 1.97. The van der Waals surface area contributed by atoms with E-state index in [1.54, 1.807) is 0 Å². The molecule has 0 amide bonds. The fourth-order valence-electron chi connectivity index (χ4n) is 2.72. The molecule has 0 radical (unpaired) electrons. The molecule has 17 heavy (non-hydrogen) atoms. The van der Waals surface area contributed by atoms with Crippen molar-refractivity contribution in [2.24, 2.45) is 5.92 Å². The van der Waals surface area contributed by atoms with Crippen LogP contribution >= 0.6 is 0 Å². The van der Waals surface area contributed by atoms with Crippen molar-refractivity contribution in [2.45, 2.75) is 70.8 Å². The summed E-state index contributed by atoms with van der Waals surface area (Å²) in [5.41, 5.74) is 0. The van der Waals surface area contributed by atoms with Gasteiger partial charge in [0, 0.05) is 19.3 Å². The lowest BCUT2D eigenvalue weighted by Crippen LogP contribution is -2.28. The normalized spacial score (nSPS) is 21.9. The topological polar surface area (TPSA) is 21.3 Å². The predicted octanol–water partition coefficient (Wildman–Crippen LogP) is 3.75. The molecule has 2 unspecified atom stereocenters. The molecule has 2 heteroatoms. The van der Waals surface area contributed by atoms with Crippen molar-refractivity contribution < 1.29 is 4.74 Å². The van der Waals surface area contributed by atoms with E-state index in [1.807, 2.05) is 0 Å². The molecule has 1 fully saturated rings. The first kappa shape index (κ1) is 15.0. The van der Waals surface area contributed by atoms with E-state index >= 15 is 0 Å². The standard InChI is InChI=1S/C15H31NO/c1-3-4-5-6-7-8-9-15(16-2)12-14-10-11-17-13-14/h14-16H,3-13H2,1-2H3. The van der Waals surface area contributed by atoms with Gasteiger partial charge in [0.05, 0.1) is 0 Å². The Labute approximate surface area is 108 Å². The van der Waals surface area contributed by atoms with E-state index in [2.05, 4.69) is 19.3 Å². The maximum atomic E-state index is 5.44. The molecule has 102 valence electrons. The summed E-state index contributed by atoms with van der Waals surface area (Å²) in [6.45, 7) is 4.26. The number of nitrogens with one attached hydrogen (secondary N) is 1. The quantitative estimate of drug-likeness (QED) is 0.588. The van der Waals surface area contributed by atoms with Gasteiger partial charge in [0.1, 0.15) is 0 Å². The van der Waals surface area contributed by atoms with Crippen LogP contribution in [-0.2, 0) is 4.74 Å². The van der Waals surface area contributed by atoms with Gasteiger partial charge in [-0.2, -0.15) is 0 Å². The summed E-state index contributed by atoms with van der Waals surface area (Å²) < 4.78 is 5.44. The zero-order valence-corrected chi connectivity index (χ0v) is 11.8. The molecule has 0 aromatic carbocycles. The Morgan fingerprint density at radius 3 is 2.59 bits per heavy atom. The SMILES string of the molecule is CCCCCCCCC(CC1CCOC1)NC. The highest BCUT2D eigenvalue weighted by atomic mass is 16.5. The maximum absolute atomic E-state index is 5.44. The number of rotatable bonds is 10. The van der Waals surface area contributed by atoms with Gasteiger partial charge in [0.15, 0.2) is 0 Å². The summed E-state index contributed by atoms with van der Waals surface area (Å²) in [7, 11) is 2.11. The molecule has 0 spiro atoms. The number of ether oxygens (including phenoxy) is 1. The highest BCUT2D eigenvalue weighted by Crippen LogP contribution is 2.20. The third-order valence-electron chi connectivity index (χ3n) is 3.96. The molecular formula is C15H31NO. The first-order valence-electron chi connectivity index (χ1n) is 7.61. The Morgan fingerprint density at radius 1 is 1.18 bits per heavy atom. The molecule has 2 atom stereocenters. The van der Waals surface area contributed by atoms with Crippen LogP contribution in [-0.4, -0.2) is 26.3 Å². The largest absolute Gasteiger partial charge is 0.381 e. The first-order chi connectivity index (χ1) is 8.36. The molecule has 1 saturated heterocycles. The summed E-state index contributed by atoms with van der Waals surface area (Å²) in [4.78, 5) is 0. The van der Waals surface area contributed by atoms with Crippen molar-refractivity contribution in [1.29, 1.82) is 0 Å². The van der Waals surface area contributed by atoms with Gasteiger partial charge < -0.3 is 10.1 Å². The molecule has 1 aliphatic heterocycles. The molecule has 0 bridgehead atoms. The lowest BCUT2D eigenvalue weighted by Gasteiger charge is -2.19. The Morgan fingerprint density at radius 2 is 1.94 bits per heavy atom. The van der Waals surface area contributed by atoms with Crippen LogP contribution in [0, 0.1) is 5.92 Å². The van der Waals surface area contributed by atoms with Crippen LogP contribution in [0.4, 0.5) is 0 Å². The van der Waals surface area contributed by atoms with Gasteiger partial charge >= 0.3 is 0 Å². The van der Waals surface area contributed by atoms with Gasteiger partial charge in [-0.25, -0.2) is 0 Å². The van der Waals surface area contributed by atoms with Crippen molar-refractivity contribution in [3.8, 4) is 0 Å². The summed E-state index contributed by atoms with van der Waals surface area (Å²) in [6, 6.07) is 0.716. The minimum absolute atomic E-state index is 0.716. The zero-order chi connectivity index (χ0) is 12.3. The molecule has 0 aliphatic carbocycles. The second-order valence-electron chi connectivity index (χ2n) is 5.51. The second-order valence-corrected chi connectivity index (χ2v) is 5.51. The van der Waals surface area contributed by atoms with E-state index < -0.39 is 0 Å². The van der Waals surface area contributed by atoms with Gasteiger partial charge in [0.25, 0.3) is 0 Å². The predicted molar refractivity (Wildman–Crippen MR) is 74.4 cm³/mol. The van der Waals surface area contributed by atoms with E-state index in [0.29, 0.717) is 6.04 Å². The monoisotopic (exact) mass is 241 g/mol. The average Bonchev–Trinajstić information content (AvgIpc) is 2.85. The van der Waals surface area contributed by atoms with Crippen molar-refractivity contribution in [3.05, 3.63) is 0 Å². The summed E-state index contributed by atoms with van der Waals surface area (Å²) in [5.74, 6) is 0.813. The third kappa shape index (κ3) is 7.05. The van der Waals surface area contributed by atoms with Crippen molar-refractivity contribution in [1.82, 2.24) is 5.32 Å². The molecule has 2 nitrogen and oxygen atoms in total. The minimum Gasteiger partial charge on any atom is -0.381 e. The minimum atomic E-state index is 0.716. The van der Waals surface area contributed by atoms with Gasteiger partial charge in [-0.3, -0.25) is 0 Å². The van der Waals surface area contributed by atoms with E-state index in [1.165, 1.54) is 57.8 Å². The van der Waals surface area contributed by atoms with Crippen molar-refractivity contribution in [2.75, 3.05) is 20.3 Å². The number of hydrogen-bond acceptors (Lipinski definition) is 2. The van der Waals surface area contributed by atoms with Crippen LogP contribution in [0.15, 0.2) is 0 Å². The van der Waals surface area contributed by atoms with Crippen molar-refractivity contribution >= 4 is 0 Å².